The van der Waals surface area contributed by atoms with E-state index in [1.54, 1.807) is 0 Å². The van der Waals surface area contributed by atoms with Crippen LogP contribution < -0.4 is 0 Å². The van der Waals surface area contributed by atoms with Crippen molar-refractivity contribution in [2.75, 3.05) is 0 Å². The van der Waals surface area contributed by atoms with E-state index >= 15 is 0 Å². The van der Waals surface area contributed by atoms with E-state index in [-0.39, 0.29) is 5.41 Å². The zero-order valence-corrected chi connectivity index (χ0v) is 92.2. The minimum Gasteiger partial charge on any atom is -0.105 e. The third-order valence-corrected chi connectivity index (χ3v) is 19.3. The minimum absolute atomic E-state index is 0.175. The van der Waals surface area contributed by atoms with Gasteiger partial charge in [-0.15, -0.1) is 69.6 Å². The van der Waals surface area contributed by atoms with E-state index in [0.29, 0.717) is 19.3 Å². The van der Waals surface area contributed by atoms with Crippen molar-refractivity contribution < 1.29 is 0 Å². The van der Waals surface area contributed by atoms with Gasteiger partial charge in [-0.2, -0.15) is 0 Å². The molecule has 0 saturated carbocycles. The summed E-state index contributed by atoms with van der Waals surface area (Å²) in [5, 5.41) is 0. The van der Waals surface area contributed by atoms with Gasteiger partial charge in [-0.25, -0.2) is 0 Å². The molecule has 0 amide bonds. The lowest BCUT2D eigenvalue weighted by Crippen LogP contribution is -2.28. The Hall–Kier alpha value is 1.74. The lowest BCUT2D eigenvalue weighted by atomic mass is 9.75. The van der Waals surface area contributed by atoms with Crippen LogP contribution in [0.4, 0.5) is 0 Å². The Bertz CT molecular complexity index is 785. The fourth-order valence-corrected chi connectivity index (χ4v) is 12.3. The maximum atomic E-state index is 5.93. The molecule has 0 nitrogen and oxygen atoms in total. The van der Waals surface area contributed by atoms with Gasteiger partial charge in [-0.1, -0.05) is 659 Å². The van der Waals surface area contributed by atoms with Crippen molar-refractivity contribution in [1.82, 2.24) is 0 Å². The molecule has 0 aliphatic carbocycles. The molecule has 0 heterocycles. The lowest BCUT2D eigenvalue weighted by Gasteiger charge is -2.36. The zero-order chi connectivity index (χ0) is 91.4. The maximum Gasteiger partial charge on any atom is 0.108 e. The zero-order valence-electron chi connectivity index (χ0n) is 87.7. The van der Waals surface area contributed by atoms with Crippen molar-refractivity contribution in [2.24, 2.45) is 5.41 Å². The van der Waals surface area contributed by atoms with Gasteiger partial charge in [0, 0.05) is 0 Å². The summed E-state index contributed by atoms with van der Waals surface area (Å²) in [4.78, 5) is -1.36. The van der Waals surface area contributed by atoms with Crippen LogP contribution in [0, 0.1) is 5.41 Å². The molecule has 0 rings (SSSR count). The fraction of sp³-hybridized carbons (Fsp3) is 1.00. The highest BCUT2D eigenvalue weighted by atomic mass is 35.5. The predicted octanol–water partition coefficient (Wildman–Crippen LogP) is 48.5. The molecule has 0 aliphatic rings. The van der Waals surface area contributed by atoms with Gasteiger partial charge < -0.3 is 0 Å². The van der Waals surface area contributed by atoms with E-state index in [2.05, 4.69) is 228 Å². The quantitative estimate of drug-likeness (QED) is 0.0421. The van der Waals surface area contributed by atoms with Crippen molar-refractivity contribution in [3.8, 4) is 0 Å². The second-order valence-electron chi connectivity index (χ2n) is 32.1. The smallest absolute Gasteiger partial charge is 0.105 e. The second-order valence-corrected chi connectivity index (χ2v) is 35.9. The summed E-state index contributed by atoms with van der Waals surface area (Å²) in [5.41, 5.74) is -0.175. The molecule has 0 saturated heterocycles. The van der Waals surface area contributed by atoms with Crippen LogP contribution in [0.25, 0.3) is 0 Å². The molecule has 0 aromatic heterocycles. The molecule has 0 radical (unpaired) electrons. The topological polar surface area (TPSA) is 0 Å². The molecule has 114 heavy (non-hydrogen) atoms. The number of alkyl halides is 6. The summed E-state index contributed by atoms with van der Waals surface area (Å²) < 4.78 is 0. The van der Waals surface area contributed by atoms with E-state index in [9.17, 15) is 0 Å². The van der Waals surface area contributed by atoms with Crippen molar-refractivity contribution in [1.29, 1.82) is 0 Å². The monoisotopic (exact) mass is 1750 g/mol. The van der Waals surface area contributed by atoms with Gasteiger partial charge >= 0.3 is 0 Å². The summed E-state index contributed by atoms with van der Waals surface area (Å²) in [7, 11) is 0. The minimum atomic E-state index is -0.453. The summed E-state index contributed by atoms with van der Waals surface area (Å²) in [6.45, 7) is 73.6. The van der Waals surface area contributed by atoms with Crippen LogP contribution in [0.5, 0.6) is 0 Å². The van der Waals surface area contributed by atoms with Crippen LogP contribution in [0.2, 0.25) is 0 Å². The third kappa shape index (κ3) is 289. The first kappa shape index (κ1) is 156. The molecule has 0 bridgehead atoms. The number of hydrogen-bond acceptors (Lipinski definition) is 0. The average molecular weight is 1760 g/mol. The van der Waals surface area contributed by atoms with E-state index in [4.69, 9.17) is 69.6 Å². The van der Waals surface area contributed by atoms with Gasteiger partial charge in [0.1, 0.15) is 14.5 Å². The lowest BCUT2D eigenvalue weighted by molar-refractivity contribution is 0.212. The predicted molar refractivity (Wildman–Crippen MR) is 564 cm³/mol. The highest BCUT2D eigenvalue weighted by molar-refractivity contribution is 6.45. The number of hydrogen-bond donors (Lipinski definition) is 0. The van der Waals surface area contributed by atoms with Crippen LogP contribution >= 0.6 is 69.6 Å². The van der Waals surface area contributed by atoms with Crippen LogP contribution in [-0.2, 0) is 0 Å². The first-order valence-corrected chi connectivity index (χ1v) is 55.4. The van der Waals surface area contributed by atoms with Gasteiger partial charge in [0.05, 0.1) is 0 Å². The summed E-state index contributed by atoms with van der Waals surface area (Å²) in [6.07, 6.45) is 94.8. The van der Waals surface area contributed by atoms with Gasteiger partial charge in [0.2, 0.25) is 0 Å². The van der Waals surface area contributed by atoms with Gasteiger partial charge in [0.25, 0.3) is 0 Å². The molecule has 0 aromatic rings. The molecular weight excluding hydrogens is 1510 g/mol. The second kappa shape index (κ2) is 193. The molecule has 0 aromatic carbocycles. The Labute approximate surface area is 768 Å². The first-order valence-electron chi connectivity index (χ1n) is 52.8. The molecule has 0 fully saturated rings. The molecule has 6 heteroatoms. The van der Waals surface area contributed by atoms with Crippen LogP contribution in [0.1, 0.15) is 684 Å². The van der Waals surface area contributed by atoms with E-state index in [0.717, 1.165) is 25.7 Å². The number of halogens is 6. The number of rotatable bonds is 58. The van der Waals surface area contributed by atoms with Crippen molar-refractivity contribution in [3.63, 3.8) is 0 Å². The summed E-state index contributed by atoms with van der Waals surface area (Å²) in [6, 6.07) is 0. The van der Waals surface area contributed by atoms with Crippen molar-refractivity contribution >= 4 is 69.6 Å². The van der Waals surface area contributed by atoms with E-state index in [1.807, 2.05) is 0 Å². The summed E-state index contributed by atoms with van der Waals surface area (Å²) in [5.74, 6) is 0. The first-order chi connectivity index (χ1) is 54.9. The highest BCUT2D eigenvalue weighted by Gasteiger charge is 2.35. The average Bonchev–Trinajstić information content (AvgIpc) is 0.850. The van der Waals surface area contributed by atoms with Gasteiger partial charge in [-0.3, -0.25) is 0 Å². The number of unbranched alkanes of at least 4 members (excludes halogenated alkanes) is 50. The van der Waals surface area contributed by atoms with Gasteiger partial charge in [0.15, 0.2) is 0 Å². The van der Waals surface area contributed by atoms with Crippen LogP contribution in [-0.4, -0.2) is 14.5 Å². The fourth-order valence-electron chi connectivity index (χ4n) is 10.3. The molecule has 0 atom stereocenters. The van der Waals surface area contributed by atoms with Crippen LogP contribution in [0.15, 0.2) is 0 Å². The molecule has 0 N–H and O–H groups in total. The normalized spacial score (nSPS) is 9.63. The standard InChI is InChI=1S/C12H20Cl6.16C6H14/c1-2-3-4-5-12(6-9(13)14,7-10(15)16)8-11(17)18;16*1-3-5-6-4-2/h9-11H,2-8H2,1H3;16*3-6H2,1-2H3. The van der Waals surface area contributed by atoms with E-state index < -0.39 is 14.5 Å². The van der Waals surface area contributed by atoms with Crippen LogP contribution in [0.3, 0.4) is 0 Å². The summed E-state index contributed by atoms with van der Waals surface area (Å²) >= 11 is 35.6. The van der Waals surface area contributed by atoms with Crippen molar-refractivity contribution in [2.45, 2.75) is 699 Å². The van der Waals surface area contributed by atoms with E-state index in [1.165, 1.54) is 411 Å². The Balaban J connectivity index is -0.0000000594. The SMILES string of the molecule is CCCCCC.CCCCCC.CCCCCC.CCCCCC.CCCCCC.CCCCCC.CCCCCC.CCCCCC.CCCCCC.CCCCCC.CCCCCC.CCCCCC.CCCCCC.CCCCCC.CCCCCC.CCCCCC.CCCCCC(CC(Cl)Cl)(CC(Cl)Cl)CC(Cl)Cl. The Morgan fingerprint density at radius 1 is 0.114 bits per heavy atom. The third-order valence-electron chi connectivity index (χ3n) is 18.4. The Morgan fingerprint density at radius 3 is 0.228 bits per heavy atom. The largest absolute Gasteiger partial charge is 0.108 e. The molecular formula is C108H244Cl6. The molecule has 718 valence electrons. The highest BCUT2D eigenvalue weighted by Crippen LogP contribution is 2.45. The molecule has 0 spiro atoms. The maximum absolute atomic E-state index is 5.93. The molecule has 0 unspecified atom stereocenters. The Morgan fingerprint density at radius 2 is 0.175 bits per heavy atom. The van der Waals surface area contributed by atoms with Crippen molar-refractivity contribution in [3.05, 3.63) is 0 Å². The molecule has 0 aliphatic heterocycles. The Kier molecular flexibility index (Phi) is 264. The van der Waals surface area contributed by atoms with Gasteiger partial charge in [-0.05, 0) is 31.1 Å².